The molecule has 6 nitrogen and oxygen atoms in total. The van der Waals surface area contributed by atoms with Gasteiger partial charge in [0.25, 0.3) is 5.91 Å². The molecule has 1 aromatic heterocycles. The number of hydrogen-bond acceptors (Lipinski definition) is 4. The van der Waals surface area contributed by atoms with Crippen LogP contribution in [0.2, 0.25) is 0 Å². The van der Waals surface area contributed by atoms with Crippen molar-refractivity contribution >= 4 is 5.91 Å². The predicted octanol–water partition coefficient (Wildman–Crippen LogP) is 1.11. The molecule has 2 heterocycles. The fourth-order valence-electron chi connectivity index (χ4n) is 4.92. The van der Waals surface area contributed by atoms with Gasteiger partial charge in [-0.25, -0.2) is 4.68 Å². The maximum absolute atomic E-state index is 12.9. The smallest absolute Gasteiger partial charge is 0.254 e. The van der Waals surface area contributed by atoms with E-state index in [-0.39, 0.29) is 18.1 Å². The summed E-state index contributed by atoms with van der Waals surface area (Å²) in [6.45, 7) is 0.798. The highest BCUT2D eigenvalue weighted by atomic mass is 16.3. The van der Waals surface area contributed by atoms with Crippen molar-refractivity contribution in [3.05, 3.63) is 42.2 Å². The maximum Gasteiger partial charge on any atom is 0.254 e. The van der Waals surface area contributed by atoms with Crippen molar-refractivity contribution in [3.63, 3.8) is 0 Å². The average Bonchev–Trinajstić information content (AvgIpc) is 3.30. The van der Waals surface area contributed by atoms with Crippen molar-refractivity contribution in [2.45, 2.75) is 25.0 Å². The van der Waals surface area contributed by atoms with Gasteiger partial charge in [-0.05, 0) is 54.9 Å². The molecular formula is C17H18N4O2. The van der Waals surface area contributed by atoms with Crippen molar-refractivity contribution < 1.29 is 9.90 Å². The van der Waals surface area contributed by atoms with E-state index in [2.05, 4.69) is 10.3 Å². The highest BCUT2D eigenvalue weighted by Gasteiger charge is 2.59. The summed E-state index contributed by atoms with van der Waals surface area (Å²) in [6.07, 6.45) is 5.22. The second kappa shape index (κ2) is 4.64. The molecule has 2 aliphatic carbocycles. The fraction of sp³-hybridized carbons (Fsp3) is 0.471. The molecule has 1 N–H and O–H groups in total. The lowest BCUT2D eigenvalue weighted by Gasteiger charge is -2.29. The van der Waals surface area contributed by atoms with Gasteiger partial charge in [0.05, 0.1) is 30.2 Å². The number of nitrogens with zero attached hydrogens (tertiary/aromatic N) is 4. The zero-order chi connectivity index (χ0) is 15.6. The van der Waals surface area contributed by atoms with E-state index in [0.29, 0.717) is 23.3 Å². The molecule has 0 radical (unpaired) electrons. The molecule has 23 heavy (non-hydrogen) atoms. The number of fused-ring (bicyclic) bond motifs is 1. The summed E-state index contributed by atoms with van der Waals surface area (Å²) in [5.41, 5.74) is 1.55. The predicted molar refractivity (Wildman–Crippen MR) is 81.9 cm³/mol. The molecule has 0 spiro atoms. The van der Waals surface area contributed by atoms with Gasteiger partial charge >= 0.3 is 0 Å². The molecule has 1 saturated heterocycles. The van der Waals surface area contributed by atoms with Gasteiger partial charge in [0.1, 0.15) is 0 Å². The number of likely N-dealkylation sites (tertiary alicyclic amines) is 1. The number of aromatic nitrogens is 3. The van der Waals surface area contributed by atoms with Gasteiger partial charge in [-0.1, -0.05) is 5.21 Å². The van der Waals surface area contributed by atoms with Crippen LogP contribution in [0, 0.1) is 17.8 Å². The lowest BCUT2D eigenvalue weighted by molar-refractivity contribution is 0.0402. The summed E-state index contributed by atoms with van der Waals surface area (Å²) in [5, 5.41) is 18.2. The van der Waals surface area contributed by atoms with E-state index in [9.17, 15) is 9.90 Å². The van der Waals surface area contributed by atoms with Gasteiger partial charge in [0, 0.05) is 12.1 Å². The SMILES string of the molecule is O=C(c1ccc(-n2ccnn2)cc1)N1CC2CC3CC2C1C3O. The molecule has 5 unspecified atom stereocenters. The van der Waals surface area contributed by atoms with Crippen molar-refractivity contribution in [2.24, 2.45) is 17.8 Å². The Morgan fingerprint density at radius 2 is 2.00 bits per heavy atom. The molecule has 1 amide bonds. The van der Waals surface area contributed by atoms with Gasteiger partial charge in [-0.2, -0.15) is 0 Å². The highest BCUT2D eigenvalue weighted by molar-refractivity contribution is 5.95. The number of carbonyl (C=O) groups is 1. The summed E-state index contributed by atoms with van der Waals surface area (Å²) in [7, 11) is 0. The molecule has 2 bridgehead atoms. The zero-order valence-electron chi connectivity index (χ0n) is 12.6. The third-order valence-corrected chi connectivity index (χ3v) is 5.91. The number of aliphatic hydroxyl groups excluding tert-OH is 1. The van der Waals surface area contributed by atoms with Crippen LogP contribution < -0.4 is 0 Å². The van der Waals surface area contributed by atoms with Crippen LogP contribution in [0.1, 0.15) is 23.2 Å². The lowest BCUT2D eigenvalue weighted by atomic mass is 9.88. The maximum atomic E-state index is 12.9. The van der Waals surface area contributed by atoms with E-state index >= 15 is 0 Å². The molecule has 2 saturated carbocycles. The third-order valence-electron chi connectivity index (χ3n) is 5.91. The Bertz CT molecular complexity index is 740. The average molecular weight is 310 g/mol. The van der Waals surface area contributed by atoms with Gasteiger partial charge < -0.3 is 10.0 Å². The van der Waals surface area contributed by atoms with Crippen molar-refractivity contribution in [3.8, 4) is 5.69 Å². The second-order valence-corrected chi connectivity index (χ2v) is 6.99. The standard InChI is InChI=1S/C17H18N4O2/c22-16-11-7-12-9-20(15(16)14(12)8-11)17(23)10-1-3-13(4-2-10)21-6-5-18-19-21/h1-6,11-12,14-16,22H,7-9H2. The van der Waals surface area contributed by atoms with Crippen molar-refractivity contribution in [1.29, 1.82) is 0 Å². The minimum atomic E-state index is -0.336. The Labute approximate surface area is 133 Å². The normalized spacial score (nSPS) is 34.3. The molecule has 6 heteroatoms. The van der Waals surface area contributed by atoms with Crippen LogP contribution in [0.3, 0.4) is 0 Å². The quantitative estimate of drug-likeness (QED) is 0.902. The minimum Gasteiger partial charge on any atom is -0.391 e. The number of benzene rings is 1. The van der Waals surface area contributed by atoms with Crippen LogP contribution >= 0.6 is 0 Å². The molecule has 2 aromatic rings. The summed E-state index contributed by atoms with van der Waals surface area (Å²) < 4.78 is 1.66. The van der Waals surface area contributed by atoms with E-state index < -0.39 is 0 Å². The molecule has 3 fully saturated rings. The van der Waals surface area contributed by atoms with E-state index in [1.807, 2.05) is 29.2 Å². The van der Waals surface area contributed by atoms with Crippen molar-refractivity contribution in [2.75, 3.05) is 6.54 Å². The van der Waals surface area contributed by atoms with E-state index in [1.165, 1.54) is 0 Å². The van der Waals surface area contributed by atoms with Crippen LogP contribution in [-0.2, 0) is 0 Å². The van der Waals surface area contributed by atoms with Crippen LogP contribution in [0.15, 0.2) is 36.7 Å². The van der Waals surface area contributed by atoms with Gasteiger partial charge in [-0.3, -0.25) is 4.79 Å². The van der Waals surface area contributed by atoms with E-state index in [1.54, 1.807) is 17.1 Å². The molecule has 5 atom stereocenters. The first-order valence-electron chi connectivity index (χ1n) is 8.18. The highest BCUT2D eigenvalue weighted by Crippen LogP contribution is 2.55. The first-order chi connectivity index (χ1) is 11.2. The Balaban J connectivity index is 1.41. The van der Waals surface area contributed by atoms with Crippen LogP contribution in [-0.4, -0.2) is 49.6 Å². The Kier molecular flexibility index (Phi) is 2.68. The molecule has 1 aromatic carbocycles. The Morgan fingerprint density at radius 1 is 1.17 bits per heavy atom. The zero-order valence-corrected chi connectivity index (χ0v) is 12.6. The number of amides is 1. The number of aliphatic hydroxyl groups is 1. The minimum absolute atomic E-state index is 0.0289. The molecule has 118 valence electrons. The molecule has 5 rings (SSSR count). The summed E-state index contributed by atoms with van der Waals surface area (Å²) >= 11 is 0. The first-order valence-corrected chi connectivity index (χ1v) is 8.18. The molecular weight excluding hydrogens is 292 g/mol. The number of rotatable bonds is 2. The first kappa shape index (κ1) is 13.2. The van der Waals surface area contributed by atoms with Gasteiger partial charge in [0.15, 0.2) is 0 Å². The van der Waals surface area contributed by atoms with E-state index in [4.69, 9.17) is 0 Å². The van der Waals surface area contributed by atoms with Gasteiger partial charge in [0.2, 0.25) is 0 Å². The van der Waals surface area contributed by atoms with Crippen LogP contribution in [0.4, 0.5) is 0 Å². The van der Waals surface area contributed by atoms with Crippen LogP contribution in [0.25, 0.3) is 5.69 Å². The summed E-state index contributed by atoms with van der Waals surface area (Å²) in [4.78, 5) is 14.8. The molecule has 3 aliphatic rings. The Morgan fingerprint density at radius 3 is 2.70 bits per heavy atom. The van der Waals surface area contributed by atoms with Crippen LogP contribution in [0.5, 0.6) is 0 Å². The summed E-state index contributed by atoms with van der Waals surface area (Å²) in [6, 6.07) is 7.44. The third kappa shape index (κ3) is 1.81. The summed E-state index contributed by atoms with van der Waals surface area (Å²) in [5.74, 6) is 1.54. The van der Waals surface area contributed by atoms with Gasteiger partial charge in [-0.15, -0.1) is 5.10 Å². The fourth-order valence-corrected chi connectivity index (χ4v) is 4.92. The van der Waals surface area contributed by atoms with Crippen molar-refractivity contribution in [1.82, 2.24) is 19.9 Å². The topological polar surface area (TPSA) is 71.2 Å². The molecule has 1 aliphatic heterocycles. The Hall–Kier alpha value is -2.21. The monoisotopic (exact) mass is 310 g/mol. The number of carbonyl (C=O) groups excluding carboxylic acids is 1. The second-order valence-electron chi connectivity index (χ2n) is 6.99. The largest absolute Gasteiger partial charge is 0.391 e. The number of hydrogen-bond donors (Lipinski definition) is 1. The van der Waals surface area contributed by atoms with E-state index in [0.717, 1.165) is 25.1 Å². The lowest BCUT2D eigenvalue weighted by Crippen LogP contribution is -2.43.